The van der Waals surface area contributed by atoms with Crippen LogP contribution in [0.5, 0.6) is 0 Å². The molecule has 10 heteroatoms. The number of nitrogens with one attached hydrogen (secondary N) is 1. The van der Waals surface area contributed by atoms with Gasteiger partial charge >= 0.3 is 0 Å². The maximum atomic E-state index is 13.3. The van der Waals surface area contributed by atoms with Gasteiger partial charge in [0.25, 0.3) is 5.56 Å². The van der Waals surface area contributed by atoms with Crippen LogP contribution in [0.25, 0.3) is 22.4 Å². The van der Waals surface area contributed by atoms with Gasteiger partial charge in [-0.1, -0.05) is 55.4 Å². The topological polar surface area (TPSA) is 121 Å². The SMILES string of the molecule is Cc1ccc(-n2c(=O)c3ccccc3n3c(SCC(=O)N[C@H](C(=O)[O-])C(C)C)nnc23)cc1. The van der Waals surface area contributed by atoms with Gasteiger partial charge in [-0.25, -0.2) is 4.57 Å². The van der Waals surface area contributed by atoms with Crippen LogP contribution in [0.3, 0.4) is 0 Å². The number of benzene rings is 2. The molecular weight excluding hydrogens is 442 g/mol. The van der Waals surface area contributed by atoms with Crippen LogP contribution < -0.4 is 16.0 Å². The number of para-hydroxylation sites is 1. The number of hydrogen-bond acceptors (Lipinski definition) is 7. The second-order valence-electron chi connectivity index (χ2n) is 8.01. The molecule has 2 aromatic heterocycles. The van der Waals surface area contributed by atoms with Gasteiger partial charge in [-0.3, -0.25) is 14.0 Å². The van der Waals surface area contributed by atoms with Gasteiger partial charge in [0.05, 0.1) is 34.4 Å². The fourth-order valence-corrected chi connectivity index (χ4v) is 4.29. The Morgan fingerprint density at radius 1 is 1.09 bits per heavy atom. The normalized spacial score (nSPS) is 12.4. The molecule has 0 saturated carbocycles. The number of carbonyl (C=O) groups excluding carboxylic acids is 2. The third-order valence-electron chi connectivity index (χ3n) is 5.26. The van der Waals surface area contributed by atoms with E-state index in [0.29, 0.717) is 27.5 Å². The third-order valence-corrected chi connectivity index (χ3v) is 6.19. The predicted molar refractivity (Wildman–Crippen MR) is 123 cm³/mol. The molecule has 0 radical (unpaired) electrons. The smallest absolute Gasteiger partial charge is 0.267 e. The van der Waals surface area contributed by atoms with E-state index >= 15 is 0 Å². The van der Waals surface area contributed by atoms with Crippen molar-refractivity contribution >= 4 is 40.3 Å². The number of hydrogen-bond donors (Lipinski definition) is 1. The number of fused-ring (bicyclic) bond motifs is 3. The van der Waals surface area contributed by atoms with Crippen LogP contribution >= 0.6 is 11.8 Å². The van der Waals surface area contributed by atoms with Crippen molar-refractivity contribution in [3.8, 4) is 5.69 Å². The Labute approximate surface area is 193 Å². The van der Waals surface area contributed by atoms with E-state index in [-0.39, 0.29) is 17.2 Å². The van der Waals surface area contributed by atoms with Gasteiger partial charge < -0.3 is 15.2 Å². The summed E-state index contributed by atoms with van der Waals surface area (Å²) in [5.74, 6) is -1.86. The van der Waals surface area contributed by atoms with Crippen molar-refractivity contribution < 1.29 is 14.7 Å². The molecule has 2 aromatic carbocycles. The lowest BCUT2D eigenvalue weighted by molar-refractivity contribution is -0.309. The minimum Gasteiger partial charge on any atom is -0.548 e. The van der Waals surface area contributed by atoms with Gasteiger partial charge in [0, 0.05) is 0 Å². The number of rotatable bonds is 7. The van der Waals surface area contributed by atoms with Crippen molar-refractivity contribution in [3.05, 3.63) is 64.4 Å². The summed E-state index contributed by atoms with van der Waals surface area (Å²) in [6, 6.07) is 13.5. The Morgan fingerprint density at radius 2 is 1.79 bits per heavy atom. The Bertz CT molecular complexity index is 1410. The lowest BCUT2D eigenvalue weighted by atomic mass is 10.1. The first-order valence-corrected chi connectivity index (χ1v) is 11.4. The van der Waals surface area contributed by atoms with Gasteiger partial charge in [-0.15, -0.1) is 10.2 Å². The molecule has 0 fully saturated rings. The molecule has 4 rings (SSSR count). The highest BCUT2D eigenvalue weighted by atomic mass is 32.2. The number of carboxylic acid groups (broad SMARTS) is 1. The van der Waals surface area contributed by atoms with Crippen LogP contribution in [-0.2, 0) is 9.59 Å². The lowest BCUT2D eigenvalue weighted by Gasteiger charge is -2.22. The zero-order chi connectivity index (χ0) is 23.7. The Balaban J connectivity index is 1.75. The van der Waals surface area contributed by atoms with Crippen molar-refractivity contribution in [2.75, 3.05) is 5.75 Å². The molecule has 170 valence electrons. The Hall–Kier alpha value is -3.66. The minimum atomic E-state index is -1.33. The molecule has 9 nitrogen and oxygen atoms in total. The van der Waals surface area contributed by atoms with Crippen molar-refractivity contribution in [2.45, 2.75) is 32.0 Å². The highest BCUT2D eigenvalue weighted by Gasteiger charge is 2.20. The molecule has 2 heterocycles. The molecular formula is C23H22N5O4S-. The number of thioether (sulfide) groups is 1. The summed E-state index contributed by atoms with van der Waals surface area (Å²) in [4.78, 5) is 37.0. The number of nitrogens with zero attached hydrogens (tertiary/aromatic N) is 4. The van der Waals surface area contributed by atoms with Crippen molar-refractivity contribution in [3.63, 3.8) is 0 Å². The summed E-state index contributed by atoms with van der Waals surface area (Å²) in [5, 5.41) is 23.1. The average Bonchev–Trinajstić information content (AvgIpc) is 3.20. The summed E-state index contributed by atoms with van der Waals surface area (Å²) in [6.45, 7) is 5.34. The molecule has 0 saturated heterocycles. The molecule has 1 N–H and O–H groups in total. The second kappa shape index (κ2) is 9.07. The highest BCUT2D eigenvalue weighted by molar-refractivity contribution is 7.99. The van der Waals surface area contributed by atoms with Crippen molar-refractivity contribution in [1.29, 1.82) is 0 Å². The van der Waals surface area contributed by atoms with Crippen LogP contribution in [0.15, 0.2) is 58.5 Å². The molecule has 0 aliphatic rings. The molecule has 0 spiro atoms. The summed E-state index contributed by atoms with van der Waals surface area (Å²) in [7, 11) is 0. The molecule has 0 unspecified atom stereocenters. The zero-order valence-electron chi connectivity index (χ0n) is 18.3. The van der Waals surface area contributed by atoms with E-state index < -0.39 is 17.9 Å². The van der Waals surface area contributed by atoms with E-state index in [1.807, 2.05) is 37.3 Å². The molecule has 0 aliphatic heterocycles. The van der Waals surface area contributed by atoms with E-state index in [2.05, 4.69) is 15.5 Å². The highest BCUT2D eigenvalue weighted by Crippen LogP contribution is 2.23. The average molecular weight is 465 g/mol. The molecule has 0 bridgehead atoms. The van der Waals surface area contributed by atoms with Crippen LogP contribution in [0.1, 0.15) is 19.4 Å². The Morgan fingerprint density at radius 3 is 2.45 bits per heavy atom. The number of aryl methyl sites for hydroxylation is 1. The first-order valence-electron chi connectivity index (χ1n) is 10.4. The summed E-state index contributed by atoms with van der Waals surface area (Å²) >= 11 is 1.11. The summed E-state index contributed by atoms with van der Waals surface area (Å²) in [5.41, 5.74) is 2.10. The molecule has 1 amide bonds. The first-order chi connectivity index (χ1) is 15.8. The van der Waals surface area contributed by atoms with Crippen molar-refractivity contribution in [2.24, 2.45) is 5.92 Å². The van der Waals surface area contributed by atoms with Gasteiger partial charge in [0.1, 0.15) is 0 Å². The van der Waals surface area contributed by atoms with Gasteiger partial charge in [-0.05, 0) is 37.1 Å². The zero-order valence-corrected chi connectivity index (χ0v) is 19.1. The van der Waals surface area contributed by atoms with Crippen LogP contribution in [-0.4, -0.2) is 42.8 Å². The first kappa shape index (κ1) is 22.5. The van der Waals surface area contributed by atoms with E-state index in [1.54, 1.807) is 36.4 Å². The fourth-order valence-electron chi connectivity index (χ4n) is 3.54. The lowest BCUT2D eigenvalue weighted by Crippen LogP contribution is -2.51. The van der Waals surface area contributed by atoms with Crippen LogP contribution in [0.2, 0.25) is 0 Å². The van der Waals surface area contributed by atoms with Gasteiger partial charge in [0.15, 0.2) is 5.16 Å². The largest absolute Gasteiger partial charge is 0.548 e. The van der Waals surface area contributed by atoms with Gasteiger partial charge in [0.2, 0.25) is 11.7 Å². The second-order valence-corrected chi connectivity index (χ2v) is 8.95. The number of amides is 1. The monoisotopic (exact) mass is 464 g/mol. The van der Waals surface area contributed by atoms with Crippen LogP contribution in [0, 0.1) is 12.8 Å². The quantitative estimate of drug-likeness (QED) is 0.410. The fraction of sp³-hybridized carbons (Fsp3) is 0.261. The summed E-state index contributed by atoms with van der Waals surface area (Å²) in [6.07, 6.45) is 0. The van der Waals surface area contributed by atoms with E-state index in [4.69, 9.17) is 0 Å². The molecule has 0 aliphatic carbocycles. The van der Waals surface area contributed by atoms with Crippen LogP contribution in [0.4, 0.5) is 0 Å². The number of aliphatic carboxylic acids is 1. The van der Waals surface area contributed by atoms with E-state index in [1.165, 1.54) is 4.57 Å². The number of carbonyl (C=O) groups is 2. The third kappa shape index (κ3) is 4.34. The number of aromatic nitrogens is 4. The predicted octanol–water partition coefficient (Wildman–Crippen LogP) is 1.32. The van der Waals surface area contributed by atoms with E-state index in [9.17, 15) is 19.5 Å². The van der Waals surface area contributed by atoms with Gasteiger partial charge in [-0.2, -0.15) is 0 Å². The van der Waals surface area contributed by atoms with E-state index in [0.717, 1.165) is 17.3 Å². The summed E-state index contributed by atoms with van der Waals surface area (Å²) < 4.78 is 3.22. The number of carboxylic acids is 1. The Kier molecular flexibility index (Phi) is 6.19. The molecule has 1 atom stereocenters. The standard InChI is InChI=1S/C23H23N5O4S/c1-13(2)19(21(31)32)24-18(29)12-33-23-26-25-22-27(15-10-8-14(3)9-11-15)20(30)16-6-4-5-7-17(16)28(22)23/h4-11,13,19H,12H2,1-3H3,(H,24,29)(H,31,32)/p-1/t19-/m0/s1. The maximum Gasteiger partial charge on any atom is 0.267 e. The van der Waals surface area contributed by atoms with Crippen molar-refractivity contribution in [1.82, 2.24) is 24.5 Å². The minimum absolute atomic E-state index is 0.0741. The maximum absolute atomic E-state index is 13.3. The molecule has 4 aromatic rings. The molecule has 33 heavy (non-hydrogen) atoms.